The molecule has 0 radical (unpaired) electrons. The Balaban J connectivity index is 2.39. The fourth-order valence-corrected chi connectivity index (χ4v) is 1.65. The van der Waals surface area contributed by atoms with Crippen molar-refractivity contribution in [2.75, 3.05) is 18.7 Å². The van der Waals surface area contributed by atoms with E-state index in [0.717, 1.165) is 10.5 Å². The van der Waals surface area contributed by atoms with E-state index in [-0.39, 0.29) is 6.79 Å². The number of hydrogen-bond acceptors (Lipinski definition) is 4. The number of carboxylic acid groups (broad SMARTS) is 1. The summed E-state index contributed by atoms with van der Waals surface area (Å²) in [5.74, 6) is -1.38. The topological polar surface area (TPSA) is 76.1 Å². The van der Waals surface area contributed by atoms with Crippen LogP contribution in [-0.2, 0) is 9.59 Å². The number of aryl methyl sites for hydroxylation is 1. The smallest absolute Gasteiger partial charge is 0.394 e. The second-order valence-electron chi connectivity index (χ2n) is 3.66. The van der Waals surface area contributed by atoms with Crippen LogP contribution in [0.2, 0.25) is 0 Å². The molecule has 0 bridgehead atoms. The molecule has 90 valence electrons. The number of likely N-dealkylation sites (N-methyl/N-ethyl adjacent to an activating group) is 1. The van der Waals surface area contributed by atoms with Crippen molar-refractivity contribution < 1.29 is 24.2 Å². The zero-order valence-corrected chi connectivity index (χ0v) is 9.39. The Kier molecular flexibility index (Phi) is 2.63. The van der Waals surface area contributed by atoms with Gasteiger partial charge in [-0.2, -0.15) is 0 Å². The maximum Gasteiger partial charge on any atom is 0.394 e. The van der Waals surface area contributed by atoms with Crippen LogP contribution in [0.3, 0.4) is 0 Å². The number of ether oxygens (including phenoxy) is 2. The molecule has 1 aliphatic heterocycles. The van der Waals surface area contributed by atoms with Crippen molar-refractivity contribution in [3.8, 4) is 11.5 Å². The van der Waals surface area contributed by atoms with Gasteiger partial charge in [0.1, 0.15) is 0 Å². The van der Waals surface area contributed by atoms with Gasteiger partial charge in [0.25, 0.3) is 0 Å². The van der Waals surface area contributed by atoms with Gasteiger partial charge in [-0.1, -0.05) is 0 Å². The van der Waals surface area contributed by atoms with E-state index in [1.54, 1.807) is 19.1 Å². The average molecular weight is 237 g/mol. The van der Waals surface area contributed by atoms with E-state index >= 15 is 0 Å². The highest BCUT2D eigenvalue weighted by atomic mass is 16.7. The highest BCUT2D eigenvalue weighted by molar-refractivity contribution is 6.37. The Hall–Kier alpha value is -2.24. The molecule has 0 aromatic heterocycles. The number of carboxylic acids is 1. The molecule has 0 spiro atoms. The number of fused-ring (bicyclic) bond motifs is 1. The van der Waals surface area contributed by atoms with Gasteiger partial charge in [-0.15, -0.1) is 0 Å². The lowest BCUT2D eigenvalue weighted by atomic mass is 10.1. The summed E-state index contributed by atoms with van der Waals surface area (Å²) in [7, 11) is 1.40. The van der Waals surface area contributed by atoms with Crippen LogP contribution in [0.15, 0.2) is 12.1 Å². The maximum absolute atomic E-state index is 11.3. The lowest BCUT2D eigenvalue weighted by Crippen LogP contribution is -2.33. The van der Waals surface area contributed by atoms with Crippen molar-refractivity contribution >= 4 is 17.6 Å². The highest BCUT2D eigenvalue weighted by Crippen LogP contribution is 2.37. The van der Waals surface area contributed by atoms with Gasteiger partial charge >= 0.3 is 11.9 Å². The fraction of sp³-hybridized carbons (Fsp3) is 0.273. The van der Waals surface area contributed by atoms with Crippen LogP contribution in [0.25, 0.3) is 0 Å². The number of carbonyl (C=O) groups is 2. The first-order valence-corrected chi connectivity index (χ1v) is 4.92. The van der Waals surface area contributed by atoms with E-state index in [9.17, 15) is 9.59 Å². The van der Waals surface area contributed by atoms with E-state index in [1.165, 1.54) is 7.05 Å². The summed E-state index contributed by atoms with van der Waals surface area (Å²) in [5, 5.41) is 8.65. The molecule has 1 amide bonds. The Labute approximate surface area is 97.4 Å². The van der Waals surface area contributed by atoms with Crippen LogP contribution in [0.4, 0.5) is 5.69 Å². The Morgan fingerprint density at radius 2 is 1.88 bits per heavy atom. The van der Waals surface area contributed by atoms with Crippen molar-refractivity contribution in [2.45, 2.75) is 6.92 Å². The van der Waals surface area contributed by atoms with E-state index in [1.807, 2.05) is 0 Å². The van der Waals surface area contributed by atoms with Gasteiger partial charge < -0.3 is 19.5 Å². The molecule has 1 N–H and O–H groups in total. The van der Waals surface area contributed by atoms with Gasteiger partial charge in [-0.3, -0.25) is 4.79 Å². The normalized spacial score (nSPS) is 12.4. The second kappa shape index (κ2) is 3.97. The van der Waals surface area contributed by atoms with Gasteiger partial charge in [-0.05, 0) is 18.6 Å². The molecule has 0 aliphatic carbocycles. The molecule has 6 heteroatoms. The van der Waals surface area contributed by atoms with E-state index in [2.05, 4.69) is 0 Å². The van der Waals surface area contributed by atoms with Gasteiger partial charge in [-0.25, -0.2) is 4.79 Å². The lowest BCUT2D eigenvalue weighted by Gasteiger charge is -2.17. The molecule has 0 fully saturated rings. The third-order valence-electron chi connectivity index (χ3n) is 2.54. The van der Waals surface area contributed by atoms with Crippen LogP contribution in [0.5, 0.6) is 11.5 Å². The summed E-state index contributed by atoms with van der Waals surface area (Å²) in [5.41, 5.74) is 1.23. The minimum atomic E-state index is -1.50. The summed E-state index contributed by atoms with van der Waals surface area (Å²) in [6, 6.07) is 3.31. The van der Waals surface area contributed by atoms with E-state index in [4.69, 9.17) is 14.6 Å². The van der Waals surface area contributed by atoms with Crippen LogP contribution in [0, 0.1) is 6.92 Å². The Morgan fingerprint density at radius 1 is 1.29 bits per heavy atom. The van der Waals surface area contributed by atoms with Crippen molar-refractivity contribution in [1.29, 1.82) is 0 Å². The number of rotatable bonds is 1. The number of hydrogen-bond donors (Lipinski definition) is 1. The molecule has 0 atom stereocenters. The first-order chi connectivity index (χ1) is 8.00. The molecular formula is C11H11NO5. The van der Waals surface area contributed by atoms with Gasteiger partial charge in [0.15, 0.2) is 11.5 Å². The summed E-state index contributed by atoms with van der Waals surface area (Å²) in [4.78, 5) is 23.0. The van der Waals surface area contributed by atoms with Gasteiger partial charge in [0.05, 0.1) is 5.69 Å². The van der Waals surface area contributed by atoms with Crippen LogP contribution in [0.1, 0.15) is 5.56 Å². The van der Waals surface area contributed by atoms with Crippen LogP contribution >= 0.6 is 0 Å². The van der Waals surface area contributed by atoms with Gasteiger partial charge in [0.2, 0.25) is 6.79 Å². The summed E-state index contributed by atoms with van der Waals surface area (Å²) >= 11 is 0. The quantitative estimate of drug-likeness (QED) is 0.730. The molecule has 1 aromatic carbocycles. The third-order valence-corrected chi connectivity index (χ3v) is 2.54. The minimum Gasteiger partial charge on any atom is -0.474 e. The predicted molar refractivity (Wildman–Crippen MR) is 58.3 cm³/mol. The number of carbonyl (C=O) groups excluding carboxylic acids is 1. The number of benzene rings is 1. The molecular weight excluding hydrogens is 226 g/mol. The Bertz CT molecular complexity index is 497. The first-order valence-electron chi connectivity index (χ1n) is 4.92. The maximum atomic E-state index is 11.3. The van der Waals surface area contributed by atoms with Crippen LogP contribution < -0.4 is 14.4 Å². The summed E-state index contributed by atoms with van der Waals surface area (Å²) in [6.45, 7) is 1.90. The molecule has 0 unspecified atom stereocenters. The van der Waals surface area contributed by atoms with Crippen molar-refractivity contribution in [2.24, 2.45) is 0 Å². The molecule has 1 aliphatic rings. The number of anilines is 1. The zero-order chi connectivity index (χ0) is 12.6. The predicted octanol–water partition coefficient (Wildman–Crippen LogP) is 0.771. The van der Waals surface area contributed by atoms with Crippen molar-refractivity contribution in [1.82, 2.24) is 0 Å². The van der Waals surface area contributed by atoms with Crippen molar-refractivity contribution in [3.05, 3.63) is 17.7 Å². The number of nitrogens with zero attached hydrogens (tertiary/aromatic N) is 1. The standard InChI is InChI=1S/C11H11NO5/c1-6-3-8-9(17-5-16-8)4-7(6)12(2)10(13)11(14)15/h3-4H,5H2,1-2H3,(H,14,15). The lowest BCUT2D eigenvalue weighted by molar-refractivity contribution is -0.148. The van der Waals surface area contributed by atoms with Gasteiger partial charge in [0, 0.05) is 13.1 Å². The molecule has 6 nitrogen and oxygen atoms in total. The SMILES string of the molecule is Cc1cc2c(cc1N(C)C(=O)C(=O)O)OCO2. The molecule has 17 heavy (non-hydrogen) atoms. The highest BCUT2D eigenvalue weighted by Gasteiger charge is 2.23. The summed E-state index contributed by atoms with van der Waals surface area (Å²) < 4.78 is 10.4. The van der Waals surface area contributed by atoms with Crippen LogP contribution in [-0.4, -0.2) is 30.8 Å². The molecule has 0 saturated heterocycles. The average Bonchev–Trinajstić information content (AvgIpc) is 2.72. The monoisotopic (exact) mass is 237 g/mol. The largest absolute Gasteiger partial charge is 0.474 e. The molecule has 1 heterocycles. The summed E-state index contributed by atoms with van der Waals surface area (Å²) in [6.07, 6.45) is 0. The van der Waals surface area contributed by atoms with E-state index < -0.39 is 11.9 Å². The molecule has 0 saturated carbocycles. The molecule has 1 aromatic rings. The third kappa shape index (κ3) is 1.89. The first kappa shape index (κ1) is 11.3. The zero-order valence-electron chi connectivity index (χ0n) is 9.39. The number of amides is 1. The minimum absolute atomic E-state index is 0.134. The van der Waals surface area contributed by atoms with Crippen molar-refractivity contribution in [3.63, 3.8) is 0 Å². The molecule has 2 rings (SSSR count). The number of aliphatic carboxylic acids is 1. The fourth-order valence-electron chi connectivity index (χ4n) is 1.65. The second-order valence-corrected chi connectivity index (χ2v) is 3.66. The Morgan fingerprint density at radius 3 is 2.47 bits per heavy atom. The van der Waals surface area contributed by atoms with E-state index in [0.29, 0.717) is 17.2 Å².